The molecule has 3 aliphatic rings. The summed E-state index contributed by atoms with van der Waals surface area (Å²) in [5.74, 6) is 1.66. The first kappa shape index (κ1) is 14.1. The molecular formula is C18H23NO3. The zero-order valence-electron chi connectivity index (χ0n) is 13.4. The third-order valence-corrected chi connectivity index (χ3v) is 5.67. The largest absolute Gasteiger partial charge is 0.493 e. The Balaban J connectivity index is 2.01. The second-order valence-electron chi connectivity index (χ2n) is 7.05. The molecule has 1 aromatic carbocycles. The van der Waals surface area contributed by atoms with E-state index in [0.717, 1.165) is 31.0 Å². The van der Waals surface area contributed by atoms with Gasteiger partial charge in [0.25, 0.3) is 0 Å². The molecule has 22 heavy (non-hydrogen) atoms. The summed E-state index contributed by atoms with van der Waals surface area (Å²) >= 11 is 0. The molecule has 1 N–H and O–H groups in total. The summed E-state index contributed by atoms with van der Waals surface area (Å²) in [4.78, 5) is 2.36. The lowest BCUT2D eigenvalue weighted by molar-refractivity contribution is -0.00138. The molecule has 1 spiro atoms. The Kier molecular flexibility index (Phi) is 2.88. The molecule has 118 valence electrons. The van der Waals surface area contributed by atoms with Crippen LogP contribution in [0.3, 0.4) is 0 Å². The quantitative estimate of drug-likeness (QED) is 0.808. The first-order valence-electron chi connectivity index (χ1n) is 7.94. The molecule has 1 aromatic rings. The predicted octanol–water partition coefficient (Wildman–Crippen LogP) is 2.24. The van der Waals surface area contributed by atoms with E-state index in [4.69, 9.17) is 9.47 Å². The summed E-state index contributed by atoms with van der Waals surface area (Å²) in [6, 6.07) is 4.16. The zero-order chi connectivity index (χ0) is 15.5. The molecule has 0 saturated heterocycles. The Morgan fingerprint density at radius 2 is 2.23 bits per heavy atom. The number of methoxy groups -OCH3 is 1. The number of aliphatic hydroxyl groups is 1. The Morgan fingerprint density at radius 3 is 3.00 bits per heavy atom. The summed E-state index contributed by atoms with van der Waals surface area (Å²) in [5, 5.41) is 10.1. The van der Waals surface area contributed by atoms with Crippen molar-refractivity contribution in [2.24, 2.45) is 0 Å². The van der Waals surface area contributed by atoms with E-state index in [9.17, 15) is 5.11 Å². The van der Waals surface area contributed by atoms with E-state index in [2.05, 4.69) is 31.0 Å². The van der Waals surface area contributed by atoms with Crippen molar-refractivity contribution in [2.75, 3.05) is 20.7 Å². The van der Waals surface area contributed by atoms with Crippen molar-refractivity contribution in [1.82, 2.24) is 4.90 Å². The monoisotopic (exact) mass is 301 g/mol. The maximum atomic E-state index is 10.1. The van der Waals surface area contributed by atoms with Crippen LogP contribution in [-0.4, -0.2) is 42.4 Å². The van der Waals surface area contributed by atoms with E-state index >= 15 is 0 Å². The van der Waals surface area contributed by atoms with Crippen molar-refractivity contribution < 1.29 is 14.6 Å². The maximum absolute atomic E-state index is 10.1. The van der Waals surface area contributed by atoms with Gasteiger partial charge in [0.05, 0.1) is 18.6 Å². The van der Waals surface area contributed by atoms with Gasteiger partial charge in [-0.3, -0.25) is 0 Å². The van der Waals surface area contributed by atoms with Crippen LogP contribution in [0.15, 0.2) is 24.3 Å². The summed E-state index contributed by atoms with van der Waals surface area (Å²) in [6.07, 6.45) is 5.30. The van der Waals surface area contributed by atoms with E-state index in [1.165, 1.54) is 11.1 Å². The standard InChI is InChI=1S/C18H23NO3/c1-17-10-13(20)6-7-18(17)8-9-19(2)11-12-4-5-14(21-3)16(22-17)15(12)18/h4-7,13,20H,8-11H2,1-3H3/t13-,17-,18?/m1/s1. The van der Waals surface area contributed by atoms with Crippen molar-refractivity contribution in [3.8, 4) is 11.5 Å². The lowest BCUT2D eigenvalue weighted by Gasteiger charge is -2.44. The van der Waals surface area contributed by atoms with Crippen molar-refractivity contribution in [3.05, 3.63) is 35.4 Å². The highest BCUT2D eigenvalue weighted by molar-refractivity contribution is 5.62. The molecule has 0 fully saturated rings. The average molecular weight is 301 g/mol. The van der Waals surface area contributed by atoms with Crippen molar-refractivity contribution in [3.63, 3.8) is 0 Å². The van der Waals surface area contributed by atoms with Crippen LogP contribution in [0.4, 0.5) is 0 Å². The van der Waals surface area contributed by atoms with Gasteiger partial charge in [0.1, 0.15) is 5.60 Å². The molecule has 1 unspecified atom stereocenters. The Morgan fingerprint density at radius 1 is 1.41 bits per heavy atom. The van der Waals surface area contributed by atoms with Crippen LogP contribution < -0.4 is 9.47 Å². The summed E-state index contributed by atoms with van der Waals surface area (Å²) in [6.45, 7) is 4.06. The highest BCUT2D eigenvalue weighted by Gasteiger charge is 2.60. The average Bonchev–Trinajstić information content (AvgIpc) is 2.64. The van der Waals surface area contributed by atoms with Crippen LogP contribution in [-0.2, 0) is 12.0 Å². The van der Waals surface area contributed by atoms with Gasteiger partial charge in [-0.1, -0.05) is 18.2 Å². The van der Waals surface area contributed by atoms with Crippen LogP contribution >= 0.6 is 0 Å². The van der Waals surface area contributed by atoms with Gasteiger partial charge in [-0.2, -0.15) is 0 Å². The van der Waals surface area contributed by atoms with Gasteiger partial charge >= 0.3 is 0 Å². The topological polar surface area (TPSA) is 41.9 Å². The first-order chi connectivity index (χ1) is 10.5. The van der Waals surface area contributed by atoms with Gasteiger partial charge in [0.15, 0.2) is 11.5 Å². The molecule has 0 aromatic heterocycles. The van der Waals surface area contributed by atoms with Crippen LogP contribution in [0.5, 0.6) is 11.5 Å². The number of hydrogen-bond acceptors (Lipinski definition) is 4. The minimum atomic E-state index is -0.444. The van der Waals surface area contributed by atoms with Crippen molar-refractivity contribution in [2.45, 2.75) is 43.4 Å². The molecule has 0 saturated carbocycles. The van der Waals surface area contributed by atoms with E-state index in [1.807, 2.05) is 12.1 Å². The van der Waals surface area contributed by atoms with Crippen LogP contribution in [0.25, 0.3) is 0 Å². The van der Waals surface area contributed by atoms with Gasteiger partial charge in [-0.25, -0.2) is 0 Å². The highest BCUT2D eigenvalue weighted by Crippen LogP contribution is 2.60. The second-order valence-corrected chi connectivity index (χ2v) is 7.05. The number of nitrogens with zero attached hydrogens (tertiary/aromatic N) is 1. The first-order valence-corrected chi connectivity index (χ1v) is 7.94. The number of hydrogen-bond donors (Lipinski definition) is 1. The van der Waals surface area contributed by atoms with Crippen LogP contribution in [0, 0.1) is 0 Å². The molecule has 1 aliphatic carbocycles. The van der Waals surface area contributed by atoms with E-state index in [0.29, 0.717) is 6.42 Å². The summed E-state index contributed by atoms with van der Waals surface area (Å²) in [5.41, 5.74) is 1.98. The Bertz CT molecular complexity index is 656. The zero-order valence-corrected chi connectivity index (χ0v) is 13.4. The van der Waals surface area contributed by atoms with E-state index in [1.54, 1.807) is 7.11 Å². The highest BCUT2D eigenvalue weighted by atomic mass is 16.5. The lowest BCUT2D eigenvalue weighted by Crippen LogP contribution is -2.52. The fourth-order valence-corrected chi connectivity index (χ4v) is 4.50. The smallest absolute Gasteiger partial charge is 0.166 e. The number of benzene rings is 1. The number of rotatable bonds is 1. The normalized spacial score (nSPS) is 36.3. The molecule has 0 radical (unpaired) electrons. The van der Waals surface area contributed by atoms with Crippen molar-refractivity contribution in [1.29, 1.82) is 0 Å². The molecule has 0 amide bonds. The van der Waals surface area contributed by atoms with E-state index < -0.39 is 11.7 Å². The Hall–Kier alpha value is -1.52. The minimum absolute atomic E-state index is 0.170. The van der Waals surface area contributed by atoms with Gasteiger partial charge in [-0.15, -0.1) is 0 Å². The van der Waals surface area contributed by atoms with Crippen molar-refractivity contribution >= 4 is 0 Å². The molecule has 2 aliphatic heterocycles. The van der Waals surface area contributed by atoms with E-state index in [-0.39, 0.29) is 5.41 Å². The lowest BCUT2D eigenvalue weighted by atomic mass is 9.62. The third-order valence-electron chi connectivity index (χ3n) is 5.67. The maximum Gasteiger partial charge on any atom is 0.166 e. The summed E-state index contributed by atoms with van der Waals surface area (Å²) < 4.78 is 12.0. The molecule has 4 rings (SSSR count). The molecule has 0 bridgehead atoms. The fraction of sp³-hybridized carbons (Fsp3) is 0.556. The fourth-order valence-electron chi connectivity index (χ4n) is 4.50. The molecular weight excluding hydrogens is 278 g/mol. The van der Waals surface area contributed by atoms with Gasteiger partial charge in [-0.05, 0) is 38.6 Å². The SMILES string of the molecule is COc1ccc2c3c1O[C@]1(C)C[C@H](O)C=CC31CCN(C)C2. The molecule has 3 atom stereocenters. The van der Waals surface area contributed by atoms with Gasteiger partial charge in [0, 0.05) is 18.5 Å². The minimum Gasteiger partial charge on any atom is -0.493 e. The molecule has 4 nitrogen and oxygen atoms in total. The number of ether oxygens (including phenoxy) is 2. The van der Waals surface area contributed by atoms with Gasteiger partial charge < -0.3 is 19.5 Å². The third kappa shape index (κ3) is 1.65. The van der Waals surface area contributed by atoms with Crippen LogP contribution in [0.2, 0.25) is 0 Å². The second kappa shape index (κ2) is 4.49. The predicted molar refractivity (Wildman–Crippen MR) is 84.4 cm³/mol. The Labute approximate surface area is 131 Å². The molecule has 4 heteroatoms. The number of aliphatic hydroxyl groups excluding tert-OH is 1. The van der Waals surface area contributed by atoms with Gasteiger partial charge in [0.2, 0.25) is 0 Å². The van der Waals surface area contributed by atoms with Crippen LogP contribution in [0.1, 0.15) is 30.9 Å². The summed E-state index contributed by atoms with van der Waals surface area (Å²) in [7, 11) is 3.85. The molecule has 2 heterocycles.